The molecule has 0 saturated heterocycles. The van der Waals surface area contributed by atoms with Gasteiger partial charge in [0.25, 0.3) is 0 Å². The number of imidazole rings is 1. The van der Waals surface area contributed by atoms with E-state index in [-0.39, 0.29) is 0 Å². The minimum atomic E-state index is 0.939. The molecule has 0 N–H and O–H groups in total. The van der Waals surface area contributed by atoms with Crippen molar-refractivity contribution in [1.29, 1.82) is 0 Å². The number of rotatable bonds is 6. The number of hydrogen-bond donors (Lipinski definition) is 0. The quantitative estimate of drug-likeness (QED) is 0.391. The van der Waals surface area contributed by atoms with Crippen LogP contribution < -0.4 is 0 Å². The third-order valence-electron chi connectivity index (χ3n) is 4.71. The first-order chi connectivity index (χ1) is 13.2. The molecule has 3 heteroatoms. The van der Waals surface area contributed by atoms with E-state index in [1.54, 1.807) is 0 Å². The van der Waals surface area contributed by atoms with E-state index in [0.29, 0.717) is 0 Å². The van der Waals surface area contributed by atoms with Gasteiger partial charge in [-0.1, -0.05) is 67.3 Å². The van der Waals surface area contributed by atoms with Gasteiger partial charge in [-0.15, -0.1) is 0 Å². The standard InChI is InChI=1S/C24H22N2S/c1-3-19-9-11-21(12-10-19)22-13-18(2)24-25-14-23(26(24)15-22)17-27-16-20-7-5-4-6-8-20/h3-15H,1,16-17H2,2H3. The first-order valence-corrected chi connectivity index (χ1v) is 10.2. The lowest BCUT2D eigenvalue weighted by Gasteiger charge is -2.09. The Hall–Kier alpha value is -2.78. The fourth-order valence-corrected chi connectivity index (χ4v) is 4.18. The zero-order chi connectivity index (χ0) is 18.6. The summed E-state index contributed by atoms with van der Waals surface area (Å²) in [5.41, 5.74) is 8.38. The summed E-state index contributed by atoms with van der Waals surface area (Å²) in [5, 5.41) is 0. The van der Waals surface area contributed by atoms with Crippen LogP contribution in [0.25, 0.3) is 22.9 Å². The van der Waals surface area contributed by atoms with Crippen LogP contribution >= 0.6 is 11.8 Å². The molecule has 2 aromatic carbocycles. The highest BCUT2D eigenvalue weighted by Gasteiger charge is 2.09. The monoisotopic (exact) mass is 370 g/mol. The Morgan fingerprint density at radius 2 is 1.78 bits per heavy atom. The molecule has 2 nitrogen and oxygen atoms in total. The van der Waals surface area contributed by atoms with Gasteiger partial charge in [-0.3, -0.25) is 0 Å². The highest BCUT2D eigenvalue weighted by atomic mass is 32.2. The van der Waals surface area contributed by atoms with Crippen molar-refractivity contribution in [2.45, 2.75) is 18.4 Å². The van der Waals surface area contributed by atoms with E-state index in [4.69, 9.17) is 0 Å². The van der Waals surface area contributed by atoms with Gasteiger partial charge >= 0.3 is 0 Å². The average Bonchev–Trinajstić information content (AvgIpc) is 3.12. The first kappa shape index (κ1) is 17.6. The van der Waals surface area contributed by atoms with Crippen molar-refractivity contribution in [2.75, 3.05) is 0 Å². The summed E-state index contributed by atoms with van der Waals surface area (Å²) in [7, 11) is 0. The number of thioether (sulfide) groups is 1. The van der Waals surface area contributed by atoms with Gasteiger partial charge in [0.2, 0.25) is 0 Å². The van der Waals surface area contributed by atoms with Crippen LogP contribution in [0.4, 0.5) is 0 Å². The Kier molecular flexibility index (Phi) is 5.12. The smallest absolute Gasteiger partial charge is 0.139 e. The lowest BCUT2D eigenvalue weighted by Crippen LogP contribution is -1.95. The van der Waals surface area contributed by atoms with Crippen molar-refractivity contribution >= 4 is 23.5 Å². The molecule has 134 valence electrons. The van der Waals surface area contributed by atoms with E-state index in [0.717, 1.165) is 22.7 Å². The topological polar surface area (TPSA) is 17.3 Å². The molecule has 0 spiro atoms. The van der Waals surface area contributed by atoms with Crippen LogP contribution in [0.2, 0.25) is 0 Å². The molecule has 27 heavy (non-hydrogen) atoms. The van der Waals surface area contributed by atoms with Crippen molar-refractivity contribution in [3.8, 4) is 11.1 Å². The Morgan fingerprint density at radius 1 is 1.00 bits per heavy atom. The largest absolute Gasteiger partial charge is 0.302 e. The van der Waals surface area contributed by atoms with Crippen LogP contribution in [-0.4, -0.2) is 9.38 Å². The molecular formula is C24H22N2S. The van der Waals surface area contributed by atoms with Crippen molar-refractivity contribution in [2.24, 2.45) is 0 Å². The Balaban J connectivity index is 1.60. The highest BCUT2D eigenvalue weighted by Crippen LogP contribution is 2.26. The molecule has 4 aromatic rings. The zero-order valence-corrected chi connectivity index (χ0v) is 16.2. The summed E-state index contributed by atoms with van der Waals surface area (Å²) in [5.74, 6) is 1.95. The average molecular weight is 371 g/mol. The second kappa shape index (κ2) is 7.85. The molecule has 0 fully saturated rings. The fourth-order valence-electron chi connectivity index (χ4n) is 3.23. The van der Waals surface area contributed by atoms with Crippen LogP contribution in [0, 0.1) is 6.92 Å². The number of pyridine rings is 1. The van der Waals surface area contributed by atoms with Gasteiger partial charge in [0.1, 0.15) is 5.65 Å². The third kappa shape index (κ3) is 3.83. The van der Waals surface area contributed by atoms with E-state index in [1.807, 2.05) is 24.0 Å². The van der Waals surface area contributed by atoms with Gasteiger partial charge in [-0.05, 0) is 40.8 Å². The molecule has 0 saturated carbocycles. The number of aromatic nitrogens is 2. The highest BCUT2D eigenvalue weighted by molar-refractivity contribution is 7.97. The zero-order valence-electron chi connectivity index (χ0n) is 15.4. The van der Waals surface area contributed by atoms with E-state index < -0.39 is 0 Å². The van der Waals surface area contributed by atoms with E-state index in [2.05, 4.69) is 89.7 Å². The van der Waals surface area contributed by atoms with Crippen LogP contribution in [0.15, 0.2) is 79.6 Å². The molecule has 0 unspecified atom stereocenters. The van der Waals surface area contributed by atoms with Crippen LogP contribution in [0.1, 0.15) is 22.4 Å². The van der Waals surface area contributed by atoms with E-state index in [9.17, 15) is 0 Å². The lowest BCUT2D eigenvalue weighted by atomic mass is 10.0. The lowest BCUT2D eigenvalue weighted by molar-refractivity contribution is 1.08. The molecule has 0 bridgehead atoms. The molecule has 2 heterocycles. The minimum Gasteiger partial charge on any atom is -0.302 e. The second-order valence-corrected chi connectivity index (χ2v) is 7.65. The minimum absolute atomic E-state index is 0.939. The number of benzene rings is 2. The van der Waals surface area contributed by atoms with E-state index >= 15 is 0 Å². The molecule has 0 aliphatic rings. The molecule has 0 atom stereocenters. The fraction of sp³-hybridized carbons (Fsp3) is 0.125. The summed E-state index contributed by atoms with van der Waals surface area (Å²) in [6.07, 6.45) is 6.08. The maximum atomic E-state index is 4.64. The van der Waals surface area contributed by atoms with Gasteiger partial charge in [-0.25, -0.2) is 4.98 Å². The molecule has 0 radical (unpaired) electrons. The molecule has 4 rings (SSSR count). The summed E-state index contributed by atoms with van der Waals surface area (Å²) in [4.78, 5) is 4.64. The summed E-state index contributed by atoms with van der Waals surface area (Å²) >= 11 is 1.92. The van der Waals surface area contributed by atoms with Gasteiger partial charge < -0.3 is 4.40 Å². The number of hydrogen-bond acceptors (Lipinski definition) is 2. The molecular weight excluding hydrogens is 348 g/mol. The maximum Gasteiger partial charge on any atom is 0.139 e. The Labute approximate surface area is 164 Å². The number of nitrogens with zero attached hydrogens (tertiary/aromatic N) is 2. The van der Waals surface area contributed by atoms with Gasteiger partial charge in [0.15, 0.2) is 0 Å². The Bertz CT molecular complexity index is 1060. The van der Waals surface area contributed by atoms with Gasteiger partial charge in [-0.2, -0.15) is 11.8 Å². The first-order valence-electron chi connectivity index (χ1n) is 9.06. The number of aryl methyl sites for hydroxylation is 1. The third-order valence-corrected chi connectivity index (χ3v) is 5.74. The molecule has 0 aliphatic heterocycles. The Morgan fingerprint density at radius 3 is 2.52 bits per heavy atom. The molecule has 0 amide bonds. The van der Waals surface area contributed by atoms with Gasteiger partial charge in [0.05, 0.1) is 11.9 Å². The summed E-state index contributed by atoms with van der Waals surface area (Å²) in [6, 6.07) is 21.3. The maximum absolute atomic E-state index is 4.64. The predicted octanol–water partition coefficient (Wildman–Crippen LogP) is 6.39. The van der Waals surface area contributed by atoms with Crippen molar-refractivity contribution < 1.29 is 0 Å². The van der Waals surface area contributed by atoms with Crippen LogP contribution in [-0.2, 0) is 11.5 Å². The van der Waals surface area contributed by atoms with Crippen LogP contribution in [0.3, 0.4) is 0 Å². The summed E-state index contributed by atoms with van der Waals surface area (Å²) < 4.78 is 2.24. The molecule has 0 aliphatic carbocycles. The predicted molar refractivity (Wildman–Crippen MR) is 117 cm³/mol. The second-order valence-electron chi connectivity index (χ2n) is 6.66. The van der Waals surface area contributed by atoms with Crippen molar-refractivity contribution in [3.63, 3.8) is 0 Å². The van der Waals surface area contributed by atoms with Crippen LogP contribution in [0.5, 0.6) is 0 Å². The normalized spacial score (nSPS) is 11.0. The SMILES string of the molecule is C=Cc1ccc(-c2cc(C)c3ncc(CSCc4ccccc4)n3c2)cc1. The number of fused-ring (bicyclic) bond motifs is 1. The molecule has 2 aromatic heterocycles. The van der Waals surface area contributed by atoms with Crippen molar-refractivity contribution in [3.05, 3.63) is 102 Å². The van der Waals surface area contributed by atoms with E-state index in [1.165, 1.54) is 27.9 Å². The summed E-state index contributed by atoms with van der Waals surface area (Å²) in [6.45, 7) is 5.96. The van der Waals surface area contributed by atoms with Gasteiger partial charge in [0, 0.05) is 17.7 Å². The van der Waals surface area contributed by atoms with Crippen molar-refractivity contribution in [1.82, 2.24) is 9.38 Å².